The van der Waals surface area contributed by atoms with Gasteiger partial charge in [-0.1, -0.05) is 30.9 Å². The van der Waals surface area contributed by atoms with Gasteiger partial charge in [-0.2, -0.15) is 0 Å². The van der Waals surface area contributed by atoms with Crippen molar-refractivity contribution in [2.24, 2.45) is 11.8 Å². The van der Waals surface area contributed by atoms with Gasteiger partial charge in [0.25, 0.3) is 0 Å². The summed E-state index contributed by atoms with van der Waals surface area (Å²) in [7, 11) is 0. The molecular weight excluding hydrogens is 210 g/mol. The summed E-state index contributed by atoms with van der Waals surface area (Å²) in [5, 5.41) is 0.694. The van der Waals surface area contributed by atoms with Crippen LogP contribution in [0, 0.1) is 5.92 Å². The van der Waals surface area contributed by atoms with E-state index in [1.54, 1.807) is 12.4 Å². The molecule has 0 bridgehead atoms. The van der Waals surface area contributed by atoms with Gasteiger partial charge in [-0.05, 0) is 24.0 Å². The highest BCUT2D eigenvalue weighted by Crippen LogP contribution is 2.35. The van der Waals surface area contributed by atoms with Crippen LogP contribution >= 0.6 is 11.6 Å². The van der Waals surface area contributed by atoms with E-state index in [2.05, 4.69) is 10.4 Å². The Morgan fingerprint density at radius 2 is 2.40 bits per heavy atom. The number of hydrogen-bond donors (Lipinski definition) is 2. The maximum atomic E-state index is 6.08. The highest BCUT2D eigenvalue weighted by molar-refractivity contribution is 6.31. The smallest absolute Gasteiger partial charge is 0.0637 e. The van der Waals surface area contributed by atoms with Gasteiger partial charge in [0.05, 0.1) is 5.02 Å². The van der Waals surface area contributed by atoms with E-state index in [1.807, 2.05) is 6.07 Å². The second-order valence-corrected chi connectivity index (χ2v) is 4.56. The van der Waals surface area contributed by atoms with Crippen LogP contribution in [0.3, 0.4) is 0 Å². The molecule has 1 aliphatic carbocycles. The van der Waals surface area contributed by atoms with Gasteiger partial charge in [-0.3, -0.25) is 16.3 Å². The lowest BCUT2D eigenvalue weighted by atomic mass is 9.80. The van der Waals surface area contributed by atoms with E-state index in [4.69, 9.17) is 17.4 Å². The Balaban J connectivity index is 2.07. The summed E-state index contributed by atoms with van der Waals surface area (Å²) in [6, 6.07) is 2.09. The summed E-state index contributed by atoms with van der Waals surface area (Å²) in [6.07, 6.45) is 8.49. The fourth-order valence-corrected chi connectivity index (χ4v) is 2.27. The van der Waals surface area contributed by atoms with E-state index in [1.165, 1.54) is 19.3 Å². The van der Waals surface area contributed by atoms with Crippen LogP contribution in [-0.2, 0) is 0 Å². The minimum absolute atomic E-state index is 0.158. The normalized spacial score (nSPS) is 18.5. The molecule has 0 aromatic carbocycles. The largest absolute Gasteiger partial charge is 0.271 e. The summed E-state index contributed by atoms with van der Waals surface area (Å²) in [4.78, 5) is 3.97. The molecule has 1 heterocycles. The van der Waals surface area contributed by atoms with Gasteiger partial charge in [0.15, 0.2) is 0 Å². The second kappa shape index (κ2) is 4.92. The van der Waals surface area contributed by atoms with Crippen LogP contribution in [0.15, 0.2) is 18.5 Å². The SMILES string of the molecule is NNC(CC1CCC1)c1ccncc1Cl. The fraction of sp³-hybridized carbons (Fsp3) is 0.545. The second-order valence-electron chi connectivity index (χ2n) is 4.15. The third-order valence-corrected chi connectivity index (χ3v) is 3.49. The first-order valence-corrected chi connectivity index (χ1v) is 5.74. The average Bonchev–Trinajstić information content (AvgIpc) is 2.19. The molecule has 0 spiro atoms. The third kappa shape index (κ3) is 2.48. The van der Waals surface area contributed by atoms with Gasteiger partial charge in [0.1, 0.15) is 0 Å². The number of pyridine rings is 1. The van der Waals surface area contributed by atoms with Crippen LogP contribution in [0.25, 0.3) is 0 Å². The molecule has 3 nitrogen and oxygen atoms in total. The summed E-state index contributed by atoms with van der Waals surface area (Å²) in [5.41, 5.74) is 3.90. The Labute approximate surface area is 95.0 Å². The van der Waals surface area contributed by atoms with E-state index >= 15 is 0 Å². The molecule has 1 aliphatic rings. The molecule has 82 valence electrons. The van der Waals surface area contributed by atoms with Gasteiger partial charge >= 0.3 is 0 Å². The molecule has 1 aromatic rings. The van der Waals surface area contributed by atoms with Crippen molar-refractivity contribution in [3.63, 3.8) is 0 Å². The van der Waals surface area contributed by atoms with Crippen molar-refractivity contribution in [1.29, 1.82) is 0 Å². The number of nitrogens with zero attached hydrogens (tertiary/aromatic N) is 1. The van der Waals surface area contributed by atoms with Gasteiger partial charge in [0.2, 0.25) is 0 Å². The quantitative estimate of drug-likeness (QED) is 0.611. The number of hydrazine groups is 1. The fourth-order valence-electron chi connectivity index (χ4n) is 2.02. The third-order valence-electron chi connectivity index (χ3n) is 3.17. The number of hydrogen-bond acceptors (Lipinski definition) is 3. The van der Waals surface area contributed by atoms with Crippen LogP contribution in [0.5, 0.6) is 0 Å². The molecule has 1 fully saturated rings. The molecule has 4 heteroatoms. The van der Waals surface area contributed by atoms with E-state index in [0.29, 0.717) is 5.02 Å². The minimum Gasteiger partial charge on any atom is -0.271 e. The first kappa shape index (κ1) is 10.9. The Hall–Kier alpha value is -0.640. The Morgan fingerprint density at radius 3 is 2.93 bits per heavy atom. The van der Waals surface area contributed by atoms with Crippen molar-refractivity contribution in [3.8, 4) is 0 Å². The first-order chi connectivity index (χ1) is 7.31. The van der Waals surface area contributed by atoms with E-state index < -0.39 is 0 Å². The molecule has 1 saturated carbocycles. The lowest BCUT2D eigenvalue weighted by molar-refractivity contribution is 0.262. The van der Waals surface area contributed by atoms with Crippen LogP contribution in [-0.4, -0.2) is 4.98 Å². The van der Waals surface area contributed by atoms with Gasteiger partial charge in [-0.15, -0.1) is 0 Å². The van der Waals surface area contributed by atoms with E-state index in [9.17, 15) is 0 Å². The Bertz CT molecular complexity index is 325. The summed E-state index contributed by atoms with van der Waals surface area (Å²) in [5.74, 6) is 6.37. The van der Waals surface area contributed by atoms with Crippen LogP contribution < -0.4 is 11.3 Å². The topological polar surface area (TPSA) is 50.9 Å². The molecule has 1 unspecified atom stereocenters. The zero-order valence-electron chi connectivity index (χ0n) is 8.62. The highest BCUT2D eigenvalue weighted by Gasteiger charge is 2.23. The lowest BCUT2D eigenvalue weighted by Gasteiger charge is -2.29. The maximum absolute atomic E-state index is 6.08. The van der Waals surface area contributed by atoms with Gasteiger partial charge in [-0.25, -0.2) is 0 Å². The lowest BCUT2D eigenvalue weighted by Crippen LogP contribution is -2.31. The molecular formula is C11H16ClN3. The Kier molecular flexibility index (Phi) is 3.57. The van der Waals surface area contributed by atoms with Crippen LogP contribution in [0.4, 0.5) is 0 Å². The number of nitrogens with one attached hydrogen (secondary N) is 1. The number of halogens is 1. The van der Waals surface area contributed by atoms with Crippen molar-refractivity contribution >= 4 is 11.6 Å². The molecule has 3 N–H and O–H groups in total. The average molecular weight is 226 g/mol. The molecule has 15 heavy (non-hydrogen) atoms. The monoisotopic (exact) mass is 225 g/mol. The molecule has 0 aliphatic heterocycles. The van der Waals surface area contributed by atoms with E-state index in [0.717, 1.165) is 17.9 Å². The molecule has 0 amide bonds. The molecule has 1 atom stereocenters. The van der Waals surface area contributed by atoms with Crippen molar-refractivity contribution in [2.45, 2.75) is 31.7 Å². The first-order valence-electron chi connectivity index (χ1n) is 5.37. The summed E-state index contributed by atoms with van der Waals surface area (Å²) >= 11 is 6.08. The van der Waals surface area contributed by atoms with Crippen LogP contribution in [0.1, 0.15) is 37.3 Å². The van der Waals surface area contributed by atoms with Gasteiger partial charge < -0.3 is 0 Å². The number of nitrogens with two attached hydrogens (primary N) is 1. The molecule has 0 saturated heterocycles. The standard InChI is InChI=1S/C11H16ClN3/c12-10-7-14-5-4-9(10)11(15-13)6-8-2-1-3-8/h4-5,7-8,11,15H,1-3,6,13H2. The molecule has 1 aromatic heterocycles. The van der Waals surface area contributed by atoms with E-state index in [-0.39, 0.29) is 6.04 Å². The zero-order valence-corrected chi connectivity index (χ0v) is 9.37. The maximum Gasteiger partial charge on any atom is 0.0637 e. The minimum atomic E-state index is 0.158. The molecule has 2 rings (SSSR count). The van der Waals surface area contributed by atoms with Crippen LogP contribution in [0.2, 0.25) is 5.02 Å². The van der Waals surface area contributed by atoms with Crippen molar-refractivity contribution in [1.82, 2.24) is 10.4 Å². The Morgan fingerprint density at radius 1 is 1.60 bits per heavy atom. The van der Waals surface area contributed by atoms with Crippen molar-refractivity contribution in [3.05, 3.63) is 29.0 Å². The highest BCUT2D eigenvalue weighted by atomic mass is 35.5. The van der Waals surface area contributed by atoms with Crippen molar-refractivity contribution in [2.75, 3.05) is 0 Å². The molecule has 0 radical (unpaired) electrons. The summed E-state index contributed by atoms with van der Waals surface area (Å²) in [6.45, 7) is 0. The number of rotatable bonds is 4. The predicted octanol–water partition coefficient (Wildman–Crippen LogP) is 2.43. The number of aromatic nitrogens is 1. The predicted molar refractivity (Wildman–Crippen MR) is 61.3 cm³/mol. The van der Waals surface area contributed by atoms with Gasteiger partial charge in [0, 0.05) is 18.4 Å². The zero-order chi connectivity index (χ0) is 10.7. The summed E-state index contributed by atoms with van der Waals surface area (Å²) < 4.78 is 0. The van der Waals surface area contributed by atoms with Crippen molar-refractivity contribution < 1.29 is 0 Å².